The molecule has 0 unspecified atom stereocenters. The van der Waals surface area contributed by atoms with Crippen LogP contribution in [0.5, 0.6) is 0 Å². The minimum atomic E-state index is -0.401. The molecule has 102 valence electrons. The maximum Gasteiger partial charge on any atom is 0.339 e. The molecule has 1 aliphatic heterocycles. The molecule has 0 amide bonds. The van der Waals surface area contributed by atoms with Gasteiger partial charge in [0.15, 0.2) is 0 Å². The summed E-state index contributed by atoms with van der Waals surface area (Å²) >= 11 is 0. The van der Waals surface area contributed by atoms with Gasteiger partial charge in [-0.15, -0.1) is 0 Å². The van der Waals surface area contributed by atoms with Crippen LogP contribution in [0, 0.1) is 0 Å². The number of esters is 1. The summed E-state index contributed by atoms with van der Waals surface area (Å²) in [6.07, 6.45) is 1.77. The second kappa shape index (κ2) is 4.85. The van der Waals surface area contributed by atoms with Gasteiger partial charge in [0.2, 0.25) is 0 Å². The number of benzene rings is 1. The summed E-state index contributed by atoms with van der Waals surface area (Å²) in [5.74, 6) is 0.504. The minimum Gasteiger partial charge on any atom is -0.465 e. The van der Waals surface area contributed by atoms with Crippen molar-refractivity contribution in [1.29, 1.82) is 0 Å². The molecule has 0 atom stereocenters. The lowest BCUT2D eigenvalue weighted by Crippen LogP contribution is -2.15. The number of carbonyl (C=O) groups excluding carboxylic acids is 1. The van der Waals surface area contributed by atoms with E-state index in [0.29, 0.717) is 17.8 Å². The summed E-state index contributed by atoms with van der Waals surface area (Å²) in [4.78, 5) is 18.1. The van der Waals surface area contributed by atoms with Gasteiger partial charge in [-0.1, -0.05) is 12.1 Å². The first-order chi connectivity index (χ1) is 9.70. The number of ether oxygens (including phenoxy) is 1. The molecular weight excluding hydrogens is 254 g/mol. The Bertz CT molecular complexity index is 656. The Morgan fingerprint density at radius 3 is 2.85 bits per heavy atom. The molecule has 0 aliphatic carbocycles. The van der Waals surface area contributed by atoms with E-state index in [1.807, 2.05) is 24.3 Å². The molecule has 0 fully saturated rings. The predicted molar refractivity (Wildman–Crippen MR) is 76.3 cm³/mol. The minimum absolute atomic E-state index is 0.401. The molecule has 2 N–H and O–H groups in total. The van der Waals surface area contributed by atoms with Gasteiger partial charge in [0.1, 0.15) is 5.82 Å². The van der Waals surface area contributed by atoms with Crippen molar-refractivity contribution in [3.8, 4) is 0 Å². The summed E-state index contributed by atoms with van der Waals surface area (Å²) < 4.78 is 4.74. The van der Waals surface area contributed by atoms with E-state index in [2.05, 4.69) is 9.88 Å². The molecule has 1 aromatic carbocycles. The number of fused-ring (bicyclic) bond motifs is 1. The van der Waals surface area contributed by atoms with Crippen LogP contribution in [-0.2, 0) is 17.8 Å². The van der Waals surface area contributed by atoms with Crippen molar-refractivity contribution in [2.75, 3.05) is 17.7 Å². The van der Waals surface area contributed by atoms with Crippen LogP contribution >= 0.6 is 0 Å². The summed E-state index contributed by atoms with van der Waals surface area (Å²) in [5, 5.41) is 0. The van der Waals surface area contributed by atoms with Crippen molar-refractivity contribution in [2.24, 2.45) is 0 Å². The highest BCUT2D eigenvalue weighted by molar-refractivity contribution is 5.96. The smallest absolute Gasteiger partial charge is 0.339 e. The first-order valence-corrected chi connectivity index (χ1v) is 6.35. The first kappa shape index (κ1) is 12.5. The van der Waals surface area contributed by atoms with E-state index in [9.17, 15) is 4.79 Å². The number of hydrogen-bond donors (Lipinski definition) is 1. The molecule has 20 heavy (non-hydrogen) atoms. The van der Waals surface area contributed by atoms with Crippen molar-refractivity contribution in [2.45, 2.75) is 13.1 Å². The zero-order valence-electron chi connectivity index (χ0n) is 11.2. The normalized spacial score (nSPS) is 13.2. The molecule has 0 saturated heterocycles. The van der Waals surface area contributed by atoms with E-state index in [-0.39, 0.29) is 0 Å². The van der Waals surface area contributed by atoms with Gasteiger partial charge < -0.3 is 15.4 Å². The number of pyridine rings is 1. The Hall–Kier alpha value is -2.56. The zero-order valence-corrected chi connectivity index (χ0v) is 11.2. The van der Waals surface area contributed by atoms with Gasteiger partial charge in [-0.2, -0.15) is 0 Å². The fourth-order valence-electron chi connectivity index (χ4n) is 2.49. The Balaban J connectivity index is 1.94. The van der Waals surface area contributed by atoms with Crippen LogP contribution in [-0.4, -0.2) is 18.1 Å². The highest BCUT2D eigenvalue weighted by Gasteiger charge is 2.25. The van der Waals surface area contributed by atoms with Crippen LogP contribution in [0.4, 0.5) is 11.5 Å². The van der Waals surface area contributed by atoms with Gasteiger partial charge in [0.05, 0.1) is 18.4 Å². The van der Waals surface area contributed by atoms with Crippen LogP contribution in [0.15, 0.2) is 36.5 Å². The Labute approximate surface area is 117 Å². The average molecular weight is 269 g/mol. The third-order valence-electron chi connectivity index (χ3n) is 3.54. The van der Waals surface area contributed by atoms with Crippen molar-refractivity contribution < 1.29 is 9.53 Å². The molecule has 0 radical (unpaired) electrons. The number of rotatable bonds is 2. The number of nitrogens with zero attached hydrogens (tertiary/aromatic N) is 2. The van der Waals surface area contributed by atoms with E-state index >= 15 is 0 Å². The Morgan fingerprint density at radius 2 is 2.15 bits per heavy atom. The molecule has 5 heteroatoms. The van der Waals surface area contributed by atoms with E-state index in [1.54, 1.807) is 12.3 Å². The molecular formula is C15H15N3O2. The van der Waals surface area contributed by atoms with Crippen molar-refractivity contribution in [3.05, 3.63) is 53.2 Å². The van der Waals surface area contributed by atoms with Gasteiger partial charge in [0.25, 0.3) is 0 Å². The fourth-order valence-corrected chi connectivity index (χ4v) is 2.49. The lowest BCUT2D eigenvalue weighted by Gasteiger charge is -2.15. The number of nitrogens with two attached hydrogens (primary N) is 1. The second-order valence-electron chi connectivity index (χ2n) is 4.70. The molecule has 0 saturated carbocycles. The molecule has 0 bridgehead atoms. The average Bonchev–Trinajstić information content (AvgIpc) is 2.93. The Morgan fingerprint density at radius 1 is 1.30 bits per heavy atom. The number of methoxy groups -OCH3 is 1. The molecule has 2 heterocycles. The third kappa shape index (κ3) is 1.97. The molecule has 2 aromatic rings. The number of anilines is 2. The summed E-state index contributed by atoms with van der Waals surface area (Å²) in [6, 6.07) is 9.46. The van der Waals surface area contributed by atoms with Gasteiger partial charge >= 0.3 is 5.97 Å². The number of carbonyl (C=O) groups is 1. The topological polar surface area (TPSA) is 68.5 Å². The maximum absolute atomic E-state index is 11.7. The molecule has 1 aromatic heterocycles. The largest absolute Gasteiger partial charge is 0.465 e. The predicted octanol–water partition coefficient (Wildman–Crippen LogP) is 1.97. The monoisotopic (exact) mass is 269 g/mol. The van der Waals surface area contributed by atoms with Crippen LogP contribution in [0.25, 0.3) is 0 Å². The standard InChI is InChI=1S/C15H15N3O2/c1-20-15(19)11-6-5-10-8-18(9-12(10)14(11)16)13-4-2-3-7-17-13/h2-7H,8-9,16H2,1H3. The first-order valence-electron chi connectivity index (χ1n) is 6.35. The maximum atomic E-state index is 11.7. The zero-order chi connectivity index (χ0) is 14.1. The second-order valence-corrected chi connectivity index (χ2v) is 4.70. The van der Waals surface area contributed by atoms with E-state index in [0.717, 1.165) is 23.5 Å². The van der Waals surface area contributed by atoms with Crippen molar-refractivity contribution in [1.82, 2.24) is 4.98 Å². The number of hydrogen-bond acceptors (Lipinski definition) is 5. The molecule has 3 rings (SSSR count). The summed E-state index contributed by atoms with van der Waals surface area (Å²) in [7, 11) is 1.36. The van der Waals surface area contributed by atoms with Gasteiger partial charge in [-0.3, -0.25) is 0 Å². The summed E-state index contributed by atoms with van der Waals surface area (Å²) in [5.41, 5.74) is 9.15. The Kier molecular flexibility index (Phi) is 3.02. The van der Waals surface area contributed by atoms with Gasteiger partial charge in [-0.05, 0) is 23.8 Å². The van der Waals surface area contributed by atoms with E-state index < -0.39 is 5.97 Å². The number of aromatic nitrogens is 1. The van der Waals surface area contributed by atoms with Crippen LogP contribution in [0.3, 0.4) is 0 Å². The fraction of sp³-hybridized carbons (Fsp3) is 0.200. The van der Waals surface area contributed by atoms with Crippen molar-refractivity contribution >= 4 is 17.5 Å². The number of nitrogen functional groups attached to an aromatic ring is 1. The van der Waals surface area contributed by atoms with E-state index in [1.165, 1.54) is 7.11 Å². The third-order valence-corrected chi connectivity index (χ3v) is 3.54. The lowest BCUT2D eigenvalue weighted by atomic mass is 10.0. The van der Waals surface area contributed by atoms with Crippen molar-refractivity contribution in [3.63, 3.8) is 0 Å². The van der Waals surface area contributed by atoms with Gasteiger partial charge in [-0.25, -0.2) is 9.78 Å². The summed E-state index contributed by atoms with van der Waals surface area (Å²) in [6.45, 7) is 1.40. The highest BCUT2D eigenvalue weighted by atomic mass is 16.5. The molecule has 5 nitrogen and oxygen atoms in total. The van der Waals surface area contributed by atoms with Crippen LogP contribution < -0.4 is 10.6 Å². The lowest BCUT2D eigenvalue weighted by molar-refractivity contribution is 0.0602. The van der Waals surface area contributed by atoms with Crippen LogP contribution in [0.1, 0.15) is 21.5 Å². The molecule has 1 aliphatic rings. The van der Waals surface area contributed by atoms with Crippen LogP contribution in [0.2, 0.25) is 0 Å². The highest BCUT2D eigenvalue weighted by Crippen LogP contribution is 2.32. The quantitative estimate of drug-likeness (QED) is 0.667. The van der Waals surface area contributed by atoms with E-state index in [4.69, 9.17) is 10.5 Å². The molecule has 0 spiro atoms. The SMILES string of the molecule is COC(=O)c1ccc2c(c1N)CN(c1ccccn1)C2. The van der Waals surface area contributed by atoms with Gasteiger partial charge in [0, 0.05) is 24.8 Å².